The van der Waals surface area contributed by atoms with E-state index in [4.69, 9.17) is 14.2 Å². The van der Waals surface area contributed by atoms with E-state index in [2.05, 4.69) is 0 Å². The largest absolute Gasteiger partial charge is 0.497 e. The van der Waals surface area contributed by atoms with Crippen LogP contribution in [0.3, 0.4) is 0 Å². The van der Waals surface area contributed by atoms with Gasteiger partial charge in [-0.25, -0.2) is 8.42 Å². The molecule has 10 nitrogen and oxygen atoms in total. The molecule has 0 spiro atoms. The first-order valence-corrected chi connectivity index (χ1v) is 10.2. The van der Waals surface area contributed by atoms with Gasteiger partial charge < -0.3 is 14.2 Å². The number of ether oxygens (including phenoxy) is 3. The molecule has 0 unspecified atom stereocenters. The third-order valence-corrected chi connectivity index (χ3v) is 5.73. The van der Waals surface area contributed by atoms with Crippen molar-refractivity contribution in [2.24, 2.45) is 0 Å². The predicted octanol–water partition coefficient (Wildman–Crippen LogP) is 2.76. The molecule has 0 bridgehead atoms. The monoisotopic (exact) mass is 438 g/mol. The summed E-state index contributed by atoms with van der Waals surface area (Å²) in [4.78, 5) is 22.4. The lowest BCUT2D eigenvalue weighted by Crippen LogP contribution is -2.37. The maximum Gasteiger partial charge on any atom is 0.327 e. The topological polar surface area (TPSA) is 125 Å². The molecule has 0 saturated heterocycles. The summed E-state index contributed by atoms with van der Waals surface area (Å²) in [5, 5.41) is 11.4. The van der Waals surface area contributed by atoms with E-state index in [-0.39, 0.29) is 11.4 Å². The normalized spacial score (nSPS) is 11.1. The first-order chi connectivity index (χ1) is 14.1. The minimum Gasteiger partial charge on any atom is -0.497 e. The van der Waals surface area contributed by atoms with Crippen molar-refractivity contribution in [3.8, 4) is 11.5 Å². The van der Waals surface area contributed by atoms with Crippen LogP contribution in [-0.4, -0.2) is 46.2 Å². The summed E-state index contributed by atoms with van der Waals surface area (Å²) in [6, 6.07) is 9.23. The van der Waals surface area contributed by atoms with Gasteiger partial charge in [0.15, 0.2) is 4.90 Å². The maximum atomic E-state index is 13.5. The van der Waals surface area contributed by atoms with Crippen LogP contribution in [0.5, 0.6) is 11.5 Å². The van der Waals surface area contributed by atoms with Gasteiger partial charge in [0.1, 0.15) is 18.0 Å². The number of nitro benzene ring substituents is 1. The molecule has 0 N–H and O–H groups in total. The Labute approximate surface area is 174 Å². The van der Waals surface area contributed by atoms with Gasteiger partial charge in [-0.2, -0.15) is 0 Å². The van der Waals surface area contributed by atoms with E-state index >= 15 is 0 Å². The molecule has 0 atom stereocenters. The Balaban J connectivity index is 2.71. The van der Waals surface area contributed by atoms with Crippen LogP contribution in [-0.2, 0) is 19.6 Å². The van der Waals surface area contributed by atoms with Crippen molar-refractivity contribution >= 4 is 27.4 Å². The maximum absolute atomic E-state index is 13.5. The number of benzene rings is 2. The van der Waals surface area contributed by atoms with Crippen LogP contribution in [0.1, 0.15) is 13.8 Å². The zero-order chi connectivity index (χ0) is 22.5. The Bertz CT molecular complexity index is 1040. The highest BCUT2D eigenvalue weighted by molar-refractivity contribution is 7.93. The molecular formula is C19H22N2O8S. The van der Waals surface area contributed by atoms with Gasteiger partial charge in [0.2, 0.25) is 0 Å². The zero-order valence-electron chi connectivity index (χ0n) is 16.9. The van der Waals surface area contributed by atoms with Gasteiger partial charge in [-0.1, -0.05) is 12.1 Å². The van der Waals surface area contributed by atoms with Crippen LogP contribution in [0.2, 0.25) is 0 Å². The van der Waals surface area contributed by atoms with Crippen LogP contribution in [0.25, 0.3) is 0 Å². The number of methoxy groups -OCH3 is 2. The Hall–Kier alpha value is -3.34. The standard InChI is InChI=1S/C19H22N2O8S/c1-13(2)29-19(22)12-20(16-11-14(27-3)9-10-17(16)28-4)30(25,26)18-8-6-5-7-15(18)21(23)24/h5-11,13H,12H2,1-4H3. The molecule has 0 saturated carbocycles. The molecule has 0 aliphatic rings. The lowest BCUT2D eigenvalue weighted by Gasteiger charge is -2.26. The first kappa shape index (κ1) is 22.9. The Morgan fingerprint density at radius 2 is 1.80 bits per heavy atom. The second-order valence-corrected chi connectivity index (χ2v) is 8.14. The van der Waals surface area contributed by atoms with Crippen molar-refractivity contribution in [3.05, 3.63) is 52.6 Å². The summed E-state index contributed by atoms with van der Waals surface area (Å²) in [6.45, 7) is 2.51. The van der Waals surface area contributed by atoms with Crippen molar-refractivity contribution in [3.63, 3.8) is 0 Å². The molecule has 0 amide bonds. The number of sulfonamides is 1. The molecule has 2 rings (SSSR count). The first-order valence-electron chi connectivity index (χ1n) is 8.79. The Kier molecular flexibility index (Phi) is 7.22. The van der Waals surface area contributed by atoms with Crippen molar-refractivity contribution < 1.29 is 32.3 Å². The van der Waals surface area contributed by atoms with E-state index in [0.29, 0.717) is 10.1 Å². The average molecular weight is 438 g/mol. The van der Waals surface area contributed by atoms with Gasteiger partial charge in [0.05, 0.1) is 30.9 Å². The molecule has 2 aromatic carbocycles. The smallest absolute Gasteiger partial charge is 0.327 e. The van der Waals surface area contributed by atoms with Crippen molar-refractivity contribution in [2.45, 2.75) is 24.8 Å². The molecule has 162 valence electrons. The van der Waals surface area contributed by atoms with Crippen LogP contribution >= 0.6 is 0 Å². The summed E-state index contributed by atoms with van der Waals surface area (Å²) in [5.41, 5.74) is -0.655. The average Bonchev–Trinajstić information content (AvgIpc) is 2.70. The number of esters is 1. The number of nitrogens with zero attached hydrogens (tertiary/aromatic N) is 2. The van der Waals surface area contributed by atoms with Crippen LogP contribution in [0, 0.1) is 10.1 Å². The molecule has 0 aliphatic carbocycles. The number of hydrogen-bond acceptors (Lipinski definition) is 8. The van der Waals surface area contributed by atoms with Crippen LogP contribution in [0.15, 0.2) is 47.4 Å². The fraction of sp³-hybridized carbons (Fsp3) is 0.316. The summed E-state index contributed by atoms with van der Waals surface area (Å²) in [7, 11) is -1.85. The number of nitro groups is 1. The SMILES string of the molecule is COc1ccc(OC)c(N(CC(=O)OC(C)C)S(=O)(=O)c2ccccc2[N+](=O)[O-])c1. The molecule has 0 aliphatic heterocycles. The molecule has 0 radical (unpaired) electrons. The highest BCUT2D eigenvalue weighted by Gasteiger charge is 2.35. The van der Waals surface area contributed by atoms with Gasteiger partial charge in [-0.05, 0) is 32.0 Å². The second-order valence-electron chi connectivity index (χ2n) is 6.31. The molecule has 30 heavy (non-hydrogen) atoms. The number of hydrogen-bond donors (Lipinski definition) is 0. The van der Waals surface area contributed by atoms with Gasteiger partial charge in [-0.15, -0.1) is 0 Å². The van der Waals surface area contributed by atoms with E-state index in [1.165, 1.54) is 38.5 Å². The van der Waals surface area contributed by atoms with Crippen molar-refractivity contribution in [1.29, 1.82) is 0 Å². The van der Waals surface area contributed by atoms with E-state index < -0.39 is 44.1 Å². The van der Waals surface area contributed by atoms with Gasteiger partial charge in [0, 0.05) is 12.1 Å². The molecule has 0 fully saturated rings. The van der Waals surface area contributed by atoms with Crippen molar-refractivity contribution in [2.75, 3.05) is 25.1 Å². The fourth-order valence-electron chi connectivity index (χ4n) is 2.65. The fourth-order valence-corrected chi connectivity index (χ4v) is 4.23. The summed E-state index contributed by atoms with van der Waals surface area (Å²) in [6.07, 6.45) is -0.486. The van der Waals surface area contributed by atoms with Crippen molar-refractivity contribution in [1.82, 2.24) is 0 Å². The van der Waals surface area contributed by atoms with Gasteiger partial charge >= 0.3 is 5.97 Å². The van der Waals surface area contributed by atoms with E-state index in [1.807, 2.05) is 0 Å². The second kappa shape index (κ2) is 9.44. The number of anilines is 1. The number of carbonyl (C=O) groups is 1. The molecule has 0 aromatic heterocycles. The van der Waals surface area contributed by atoms with E-state index in [9.17, 15) is 23.3 Å². The highest BCUT2D eigenvalue weighted by atomic mass is 32.2. The molecule has 2 aromatic rings. The summed E-state index contributed by atoms with van der Waals surface area (Å²) < 4.78 is 43.1. The minimum absolute atomic E-state index is 0.0318. The third kappa shape index (κ3) is 4.98. The summed E-state index contributed by atoms with van der Waals surface area (Å²) in [5.74, 6) is -0.418. The van der Waals surface area contributed by atoms with Gasteiger partial charge in [-0.3, -0.25) is 19.2 Å². The quantitative estimate of drug-likeness (QED) is 0.332. The molecule has 0 heterocycles. The minimum atomic E-state index is -4.56. The Morgan fingerprint density at radius 1 is 1.13 bits per heavy atom. The number of carbonyl (C=O) groups excluding carboxylic acids is 1. The van der Waals surface area contributed by atoms with E-state index in [1.54, 1.807) is 19.9 Å². The van der Waals surface area contributed by atoms with Crippen LogP contribution < -0.4 is 13.8 Å². The van der Waals surface area contributed by atoms with E-state index in [0.717, 1.165) is 12.1 Å². The lowest BCUT2D eigenvalue weighted by molar-refractivity contribution is -0.387. The molecular weight excluding hydrogens is 416 g/mol. The predicted molar refractivity (Wildman–Crippen MR) is 108 cm³/mol. The number of para-hydroxylation sites is 1. The highest BCUT2D eigenvalue weighted by Crippen LogP contribution is 2.37. The lowest BCUT2D eigenvalue weighted by atomic mass is 10.2. The summed E-state index contributed by atoms with van der Waals surface area (Å²) >= 11 is 0. The third-order valence-electron chi connectivity index (χ3n) is 3.92. The van der Waals surface area contributed by atoms with Crippen LogP contribution in [0.4, 0.5) is 11.4 Å². The zero-order valence-corrected chi connectivity index (χ0v) is 17.7. The number of rotatable bonds is 9. The molecule has 11 heteroatoms. The Morgan fingerprint density at radius 3 is 2.37 bits per heavy atom. The van der Waals surface area contributed by atoms with Gasteiger partial charge in [0.25, 0.3) is 15.7 Å².